The number of anilines is 1. The molecule has 2 aromatic carbocycles. The predicted octanol–water partition coefficient (Wildman–Crippen LogP) is 3.66. The van der Waals surface area contributed by atoms with Crippen molar-refractivity contribution in [1.29, 1.82) is 0 Å². The predicted molar refractivity (Wildman–Crippen MR) is 128 cm³/mol. The van der Waals surface area contributed by atoms with E-state index in [9.17, 15) is 18.0 Å². The first-order valence-electron chi connectivity index (χ1n) is 9.37. The molecule has 8 nitrogen and oxygen atoms in total. The van der Waals surface area contributed by atoms with Crippen LogP contribution in [0.3, 0.4) is 0 Å². The van der Waals surface area contributed by atoms with Crippen LogP contribution >= 0.6 is 27.7 Å². The molecule has 3 rings (SSSR count). The average molecular weight is 538 g/mol. The van der Waals surface area contributed by atoms with Crippen molar-refractivity contribution in [3.63, 3.8) is 0 Å². The number of benzene rings is 2. The van der Waals surface area contributed by atoms with Gasteiger partial charge in [0.05, 0.1) is 12.0 Å². The van der Waals surface area contributed by atoms with E-state index in [1.165, 1.54) is 30.2 Å². The maximum Gasteiger partial charge on any atom is 0.284 e. The second-order valence-electron chi connectivity index (χ2n) is 6.63. The summed E-state index contributed by atoms with van der Waals surface area (Å²) in [5.74, 6) is -0.209. The van der Waals surface area contributed by atoms with Crippen molar-refractivity contribution >= 4 is 60.4 Å². The topological polar surface area (TPSA) is 105 Å². The number of amides is 2. The van der Waals surface area contributed by atoms with Gasteiger partial charge in [-0.2, -0.15) is 8.42 Å². The van der Waals surface area contributed by atoms with Crippen LogP contribution in [0.15, 0.2) is 75.0 Å². The van der Waals surface area contributed by atoms with Crippen LogP contribution in [0.1, 0.15) is 6.42 Å². The van der Waals surface area contributed by atoms with E-state index in [1.807, 2.05) is 0 Å². The van der Waals surface area contributed by atoms with E-state index < -0.39 is 21.2 Å². The molecule has 1 aliphatic rings. The smallest absolute Gasteiger partial charge is 0.284 e. The number of nitrogens with zero attached hydrogens (tertiary/aromatic N) is 2. The number of carbonyl (C=O) groups excluding carboxylic acids is 2. The largest absolute Gasteiger partial charge is 0.497 e. The minimum absolute atomic E-state index is 0.000907. The lowest BCUT2D eigenvalue weighted by Gasteiger charge is -2.13. The molecular formula is C21H20BrN3O5S2. The van der Waals surface area contributed by atoms with Gasteiger partial charge in [-0.1, -0.05) is 39.8 Å². The molecule has 1 heterocycles. The van der Waals surface area contributed by atoms with Crippen LogP contribution < -0.4 is 10.1 Å². The van der Waals surface area contributed by atoms with Gasteiger partial charge in [-0.25, -0.2) is 0 Å². The summed E-state index contributed by atoms with van der Waals surface area (Å²) in [6, 6.07) is 12.8. The molecule has 11 heteroatoms. The van der Waals surface area contributed by atoms with Crippen molar-refractivity contribution in [2.75, 3.05) is 19.0 Å². The van der Waals surface area contributed by atoms with Crippen LogP contribution in [-0.4, -0.2) is 49.2 Å². The van der Waals surface area contributed by atoms with Crippen LogP contribution in [0.4, 0.5) is 5.69 Å². The summed E-state index contributed by atoms with van der Waals surface area (Å²) in [6.07, 6.45) is 1.32. The van der Waals surface area contributed by atoms with Gasteiger partial charge in [-0.15, -0.1) is 11.0 Å². The molecule has 168 valence electrons. The van der Waals surface area contributed by atoms with Crippen molar-refractivity contribution in [3.05, 3.63) is 65.7 Å². The molecular weight excluding hydrogens is 518 g/mol. The summed E-state index contributed by atoms with van der Waals surface area (Å²) in [4.78, 5) is 26.6. The summed E-state index contributed by atoms with van der Waals surface area (Å²) < 4.78 is 35.2. The van der Waals surface area contributed by atoms with Gasteiger partial charge in [-0.3, -0.25) is 14.5 Å². The van der Waals surface area contributed by atoms with E-state index in [0.717, 1.165) is 16.2 Å². The second-order valence-corrected chi connectivity index (χ2v) is 10.3. The van der Waals surface area contributed by atoms with Gasteiger partial charge < -0.3 is 10.1 Å². The highest BCUT2D eigenvalue weighted by Crippen LogP contribution is 2.31. The highest BCUT2D eigenvalue weighted by Gasteiger charge is 2.39. The molecule has 0 bridgehead atoms. The number of nitrogens with one attached hydrogen (secondary N) is 1. The van der Waals surface area contributed by atoms with Crippen LogP contribution in [0.25, 0.3) is 0 Å². The van der Waals surface area contributed by atoms with Crippen molar-refractivity contribution in [1.82, 2.24) is 4.90 Å². The minimum atomic E-state index is -4.04. The Morgan fingerprint density at radius 1 is 1.31 bits per heavy atom. The van der Waals surface area contributed by atoms with E-state index in [4.69, 9.17) is 4.74 Å². The van der Waals surface area contributed by atoms with Gasteiger partial charge in [-0.05, 0) is 36.4 Å². The van der Waals surface area contributed by atoms with Crippen LogP contribution in [0, 0.1) is 0 Å². The molecule has 0 saturated carbocycles. The van der Waals surface area contributed by atoms with Crippen LogP contribution in [0.2, 0.25) is 0 Å². The van der Waals surface area contributed by atoms with Crippen LogP contribution in [-0.2, 0) is 19.6 Å². The number of methoxy groups -OCH3 is 1. The number of ether oxygens (including phenoxy) is 1. The highest BCUT2D eigenvalue weighted by atomic mass is 79.9. The number of amidine groups is 1. The number of carbonyl (C=O) groups is 2. The zero-order valence-corrected chi connectivity index (χ0v) is 20.2. The van der Waals surface area contributed by atoms with E-state index in [-0.39, 0.29) is 28.9 Å². The number of thioether (sulfide) groups is 1. The third kappa shape index (κ3) is 5.78. The summed E-state index contributed by atoms with van der Waals surface area (Å²) in [6.45, 7) is 3.69. The molecule has 1 fully saturated rings. The minimum Gasteiger partial charge on any atom is -0.497 e. The van der Waals surface area contributed by atoms with Gasteiger partial charge in [0.2, 0.25) is 11.8 Å². The van der Waals surface area contributed by atoms with Crippen molar-refractivity contribution < 1.29 is 22.7 Å². The Morgan fingerprint density at radius 3 is 2.69 bits per heavy atom. The molecule has 1 unspecified atom stereocenters. The van der Waals surface area contributed by atoms with E-state index in [2.05, 4.69) is 32.2 Å². The number of hydrogen-bond donors (Lipinski definition) is 1. The first kappa shape index (κ1) is 24.0. The molecule has 2 amide bonds. The first-order valence-corrected chi connectivity index (χ1v) is 12.5. The molecule has 1 saturated heterocycles. The van der Waals surface area contributed by atoms with Crippen molar-refractivity contribution in [3.8, 4) is 5.75 Å². The van der Waals surface area contributed by atoms with Crippen LogP contribution in [0.5, 0.6) is 5.75 Å². The number of halogens is 1. The molecule has 0 spiro atoms. The number of rotatable bonds is 8. The third-order valence-corrected chi connectivity index (χ3v) is 7.47. The Labute approximate surface area is 198 Å². The summed E-state index contributed by atoms with van der Waals surface area (Å²) in [5, 5.41) is 1.92. The standard InChI is InChI=1S/C21H20BrN3O5S2/c1-3-11-25-20(27)18(13-19(26)23-15-5-4-6-16(12-15)30-2)31-21(25)24-32(28,29)17-9-7-14(22)8-10-17/h3-10,12,18H,1,11,13H2,2H3,(H,23,26). The Balaban J connectivity index is 1.78. The fourth-order valence-corrected chi connectivity index (χ4v) is 5.48. The fourth-order valence-electron chi connectivity index (χ4n) is 2.85. The normalized spacial score (nSPS) is 17.4. The number of sulfonamides is 1. The molecule has 0 aliphatic carbocycles. The van der Waals surface area contributed by atoms with Crippen molar-refractivity contribution in [2.24, 2.45) is 4.40 Å². The van der Waals surface area contributed by atoms with E-state index in [1.54, 1.807) is 36.4 Å². The van der Waals surface area contributed by atoms with Gasteiger partial charge in [0.25, 0.3) is 10.0 Å². The quantitative estimate of drug-likeness (QED) is 0.515. The fraction of sp³-hybridized carbons (Fsp3) is 0.190. The van der Waals surface area contributed by atoms with Crippen molar-refractivity contribution in [2.45, 2.75) is 16.6 Å². The Hall–Kier alpha value is -2.63. The molecule has 32 heavy (non-hydrogen) atoms. The van der Waals surface area contributed by atoms with E-state index in [0.29, 0.717) is 11.4 Å². The van der Waals surface area contributed by atoms with Gasteiger partial charge in [0.1, 0.15) is 11.0 Å². The maximum absolute atomic E-state index is 12.8. The molecule has 0 radical (unpaired) electrons. The Bertz CT molecular complexity index is 1170. The molecule has 1 aliphatic heterocycles. The Morgan fingerprint density at radius 2 is 2.03 bits per heavy atom. The zero-order valence-electron chi connectivity index (χ0n) is 17.0. The molecule has 1 N–H and O–H groups in total. The summed E-state index contributed by atoms with van der Waals surface area (Å²) >= 11 is 4.20. The second kappa shape index (κ2) is 10.3. The third-order valence-electron chi connectivity index (χ3n) is 4.37. The molecule has 1 atom stereocenters. The maximum atomic E-state index is 12.8. The lowest BCUT2D eigenvalue weighted by molar-refractivity contribution is -0.127. The SMILES string of the molecule is C=CCN1C(=O)C(CC(=O)Nc2cccc(OC)c2)SC1=NS(=O)(=O)c1ccc(Br)cc1. The zero-order chi connectivity index (χ0) is 23.3. The Kier molecular flexibility index (Phi) is 7.75. The van der Waals surface area contributed by atoms with E-state index >= 15 is 0 Å². The monoisotopic (exact) mass is 537 g/mol. The average Bonchev–Trinajstić information content (AvgIpc) is 3.02. The summed E-state index contributed by atoms with van der Waals surface area (Å²) in [7, 11) is -2.52. The lowest BCUT2D eigenvalue weighted by Crippen LogP contribution is -2.33. The molecule has 2 aromatic rings. The van der Waals surface area contributed by atoms with Gasteiger partial charge in [0.15, 0.2) is 5.17 Å². The highest BCUT2D eigenvalue weighted by molar-refractivity contribution is 9.10. The lowest BCUT2D eigenvalue weighted by atomic mass is 10.2. The van der Waals surface area contributed by atoms with Gasteiger partial charge in [0, 0.05) is 29.2 Å². The first-order chi connectivity index (χ1) is 15.2. The molecule has 0 aromatic heterocycles. The number of hydrogen-bond acceptors (Lipinski definition) is 6. The summed E-state index contributed by atoms with van der Waals surface area (Å²) in [5.41, 5.74) is 0.527. The van der Waals surface area contributed by atoms with Gasteiger partial charge >= 0.3 is 0 Å².